The van der Waals surface area contributed by atoms with Crippen LogP contribution in [0.15, 0.2) is 12.3 Å². The number of alkyl halides is 1. The minimum atomic E-state index is -0.271. The van der Waals surface area contributed by atoms with Gasteiger partial charge in [0.15, 0.2) is 0 Å². The predicted molar refractivity (Wildman–Crippen MR) is 70.6 cm³/mol. The number of hydrogen-bond donors (Lipinski definition) is 0. The molecule has 2 aromatic rings. The molecule has 1 saturated carbocycles. The zero-order valence-electron chi connectivity index (χ0n) is 10.1. The Morgan fingerprint density at radius 1 is 1.58 bits per heavy atom. The normalized spacial score (nSPS) is 15.9. The molecule has 0 unspecified atom stereocenters. The van der Waals surface area contributed by atoms with E-state index in [1.807, 2.05) is 4.57 Å². The van der Waals surface area contributed by atoms with E-state index in [1.165, 1.54) is 0 Å². The lowest BCUT2D eigenvalue weighted by Crippen LogP contribution is -2.12. The molecule has 5 nitrogen and oxygen atoms in total. The van der Waals surface area contributed by atoms with Crippen molar-refractivity contribution in [2.75, 3.05) is 0 Å². The largest absolute Gasteiger partial charge is 0.361 e. The molecule has 0 atom stereocenters. The Morgan fingerprint density at radius 3 is 2.95 bits per heavy atom. The van der Waals surface area contributed by atoms with Crippen LogP contribution in [0.1, 0.15) is 18.7 Å². The minimum Gasteiger partial charge on any atom is -0.361 e. The lowest BCUT2D eigenvalue weighted by molar-refractivity contribution is 0.527. The van der Waals surface area contributed by atoms with Gasteiger partial charge in [0.2, 0.25) is 0 Å². The smallest absolute Gasteiger partial charge is 0.271 e. The first kappa shape index (κ1) is 12.0. The minimum absolute atomic E-state index is 0.271. The zero-order chi connectivity index (χ0) is 13.5. The number of pyridine rings is 1. The summed E-state index contributed by atoms with van der Waals surface area (Å²) in [6, 6.07) is 4.02. The summed E-state index contributed by atoms with van der Waals surface area (Å²) < 4.78 is 1.96. The van der Waals surface area contributed by atoms with Gasteiger partial charge in [-0.05, 0) is 18.9 Å². The van der Waals surface area contributed by atoms with Crippen molar-refractivity contribution in [3.8, 4) is 6.07 Å². The summed E-state index contributed by atoms with van der Waals surface area (Å²) in [5.74, 6) is 1.32. The molecule has 0 radical (unpaired) electrons. The van der Waals surface area contributed by atoms with Crippen molar-refractivity contribution in [3.63, 3.8) is 0 Å². The van der Waals surface area contributed by atoms with Crippen LogP contribution in [0.3, 0.4) is 0 Å². The number of rotatable bonds is 3. The molecule has 3 rings (SSSR count). The van der Waals surface area contributed by atoms with E-state index in [0.717, 1.165) is 24.2 Å². The fourth-order valence-electron chi connectivity index (χ4n) is 2.16. The zero-order valence-corrected chi connectivity index (χ0v) is 10.9. The molecule has 6 heteroatoms. The summed E-state index contributed by atoms with van der Waals surface area (Å²) in [6.07, 6.45) is 3.47. The van der Waals surface area contributed by atoms with E-state index in [1.54, 1.807) is 12.3 Å². The van der Waals surface area contributed by atoms with Crippen molar-refractivity contribution in [2.24, 2.45) is 5.41 Å². The first-order valence-electron chi connectivity index (χ1n) is 5.91. The van der Waals surface area contributed by atoms with E-state index >= 15 is 0 Å². The molecule has 0 N–H and O–H groups in total. The maximum atomic E-state index is 9.20. The third-order valence-electron chi connectivity index (χ3n) is 3.48. The second-order valence-electron chi connectivity index (χ2n) is 4.78. The first-order chi connectivity index (χ1) is 9.21. The summed E-state index contributed by atoms with van der Waals surface area (Å²) in [5, 5.41) is 9.20. The van der Waals surface area contributed by atoms with Gasteiger partial charge in [0, 0.05) is 6.54 Å². The quantitative estimate of drug-likeness (QED) is 0.637. The lowest BCUT2D eigenvalue weighted by Gasteiger charge is -2.10. The van der Waals surface area contributed by atoms with Gasteiger partial charge in [0.25, 0.3) is 5.82 Å². The van der Waals surface area contributed by atoms with E-state index in [-0.39, 0.29) is 11.3 Å². The number of aromatic nitrogens is 3. The van der Waals surface area contributed by atoms with Crippen LogP contribution in [0.5, 0.6) is 0 Å². The maximum Gasteiger partial charge on any atom is 0.271 e. The average molecular weight is 272 g/mol. The number of hydrogen-bond acceptors (Lipinski definition) is 3. The van der Waals surface area contributed by atoms with Crippen LogP contribution in [0.2, 0.25) is 0 Å². The van der Waals surface area contributed by atoms with Gasteiger partial charge >= 0.3 is 0 Å². The Balaban J connectivity index is 2.12. The Hall–Kier alpha value is -2.11. The predicted octanol–water partition coefficient (Wildman–Crippen LogP) is 3.02. The van der Waals surface area contributed by atoms with Gasteiger partial charge in [-0.2, -0.15) is 5.26 Å². The van der Waals surface area contributed by atoms with Crippen LogP contribution >= 0.6 is 11.6 Å². The highest BCUT2D eigenvalue weighted by atomic mass is 35.5. The number of imidazole rings is 1. The van der Waals surface area contributed by atoms with Gasteiger partial charge in [-0.3, -0.25) is 0 Å². The van der Waals surface area contributed by atoms with Gasteiger partial charge in [-0.25, -0.2) is 4.98 Å². The van der Waals surface area contributed by atoms with Gasteiger partial charge in [-0.1, -0.05) is 6.57 Å². The Labute approximate surface area is 115 Å². The molecule has 94 valence electrons. The maximum absolute atomic E-state index is 9.20. The van der Waals surface area contributed by atoms with Crippen LogP contribution in [-0.4, -0.2) is 14.5 Å². The van der Waals surface area contributed by atoms with Crippen molar-refractivity contribution < 1.29 is 0 Å². The molecule has 1 aliphatic carbocycles. The molecule has 0 spiro atoms. The van der Waals surface area contributed by atoms with Gasteiger partial charge in [0.05, 0.1) is 22.9 Å². The monoisotopic (exact) mass is 271 g/mol. The van der Waals surface area contributed by atoms with E-state index in [2.05, 4.69) is 20.9 Å². The van der Waals surface area contributed by atoms with Crippen LogP contribution in [-0.2, 0) is 12.4 Å². The molecule has 0 saturated heterocycles. The van der Waals surface area contributed by atoms with Gasteiger partial charge < -0.3 is 9.41 Å². The highest BCUT2D eigenvalue weighted by Crippen LogP contribution is 2.47. The molecule has 0 amide bonds. The summed E-state index contributed by atoms with van der Waals surface area (Å²) in [7, 11) is 0. The molecular weight excluding hydrogens is 262 g/mol. The number of halogens is 1. The Kier molecular flexibility index (Phi) is 2.66. The topological polar surface area (TPSA) is 58.9 Å². The van der Waals surface area contributed by atoms with Crippen molar-refractivity contribution in [2.45, 2.75) is 25.3 Å². The molecule has 2 aromatic heterocycles. The van der Waals surface area contributed by atoms with E-state index < -0.39 is 0 Å². The molecule has 0 bridgehead atoms. The Bertz CT molecular complexity index is 730. The van der Waals surface area contributed by atoms with Gasteiger partial charge in [0.1, 0.15) is 17.5 Å². The van der Waals surface area contributed by atoms with E-state index in [0.29, 0.717) is 17.9 Å². The molecule has 1 fully saturated rings. The van der Waals surface area contributed by atoms with E-state index in [4.69, 9.17) is 18.2 Å². The van der Waals surface area contributed by atoms with Crippen molar-refractivity contribution in [1.29, 1.82) is 5.26 Å². The van der Waals surface area contributed by atoms with Crippen LogP contribution < -0.4 is 0 Å². The molecule has 19 heavy (non-hydrogen) atoms. The summed E-state index contributed by atoms with van der Waals surface area (Å²) in [4.78, 5) is 11.8. The standard InChI is InChI=1S/C13H10ClN5/c1-16-11-4-9-10(6-17-11)19(12(5-14)18-9)8-13(7-15)2-3-13/h4,6H,2-3,5,8H2. The van der Waals surface area contributed by atoms with Crippen molar-refractivity contribution in [1.82, 2.24) is 14.5 Å². The lowest BCUT2D eigenvalue weighted by atomic mass is 10.1. The highest BCUT2D eigenvalue weighted by molar-refractivity contribution is 6.16. The summed E-state index contributed by atoms with van der Waals surface area (Å²) >= 11 is 5.92. The second-order valence-corrected chi connectivity index (χ2v) is 5.05. The molecule has 2 heterocycles. The fourth-order valence-corrected chi connectivity index (χ4v) is 2.37. The number of fused-ring (bicyclic) bond motifs is 1. The summed E-state index contributed by atoms with van der Waals surface area (Å²) in [5.41, 5.74) is 1.28. The Morgan fingerprint density at radius 2 is 2.37 bits per heavy atom. The highest BCUT2D eigenvalue weighted by Gasteiger charge is 2.44. The molecule has 0 aliphatic heterocycles. The van der Waals surface area contributed by atoms with Gasteiger partial charge in [-0.15, -0.1) is 16.6 Å². The third kappa shape index (κ3) is 1.93. The van der Waals surface area contributed by atoms with E-state index in [9.17, 15) is 5.26 Å². The first-order valence-corrected chi connectivity index (χ1v) is 6.45. The van der Waals surface area contributed by atoms with Crippen molar-refractivity contribution >= 4 is 28.5 Å². The average Bonchev–Trinajstić information content (AvgIpc) is 3.14. The molecule has 0 aromatic carbocycles. The second kappa shape index (κ2) is 4.22. The van der Waals surface area contributed by atoms with Crippen LogP contribution in [0.4, 0.5) is 5.82 Å². The van der Waals surface area contributed by atoms with Crippen LogP contribution in [0, 0.1) is 23.3 Å². The molecule has 1 aliphatic rings. The fraction of sp³-hybridized carbons (Fsp3) is 0.385. The SMILES string of the molecule is [C-]#[N+]c1cc2nc(CCl)n(CC3(C#N)CC3)c2cn1. The van der Waals surface area contributed by atoms with Crippen molar-refractivity contribution in [3.05, 3.63) is 29.5 Å². The van der Waals surface area contributed by atoms with Crippen LogP contribution in [0.25, 0.3) is 15.9 Å². The number of nitriles is 1. The summed E-state index contributed by atoms with van der Waals surface area (Å²) in [6.45, 7) is 7.57. The third-order valence-corrected chi connectivity index (χ3v) is 3.72. The number of nitrogens with zero attached hydrogens (tertiary/aromatic N) is 5. The molecular formula is C13H10ClN5.